The van der Waals surface area contributed by atoms with Crippen molar-refractivity contribution < 1.29 is 19.4 Å². The van der Waals surface area contributed by atoms with Crippen LogP contribution >= 0.6 is 0 Å². The lowest BCUT2D eigenvalue weighted by Gasteiger charge is -2.22. The van der Waals surface area contributed by atoms with Gasteiger partial charge in [-0.25, -0.2) is 0 Å². The molecule has 0 aromatic carbocycles. The highest BCUT2D eigenvalue weighted by Gasteiger charge is 2.14. The third-order valence-corrected chi connectivity index (χ3v) is 3.18. The van der Waals surface area contributed by atoms with Crippen LogP contribution in [0.25, 0.3) is 0 Å². The van der Waals surface area contributed by atoms with Crippen LogP contribution in [-0.4, -0.2) is 47.8 Å². The van der Waals surface area contributed by atoms with Crippen molar-refractivity contribution in [2.75, 3.05) is 25.0 Å². The predicted molar refractivity (Wildman–Crippen MR) is 76.1 cm³/mol. The molecule has 0 unspecified atom stereocenters. The van der Waals surface area contributed by atoms with E-state index in [0.29, 0.717) is 11.4 Å². The van der Waals surface area contributed by atoms with Crippen molar-refractivity contribution in [2.45, 2.75) is 25.4 Å². The third kappa shape index (κ3) is 5.49. The summed E-state index contributed by atoms with van der Waals surface area (Å²) in [5.74, 6) is -1.17. The first-order chi connectivity index (χ1) is 10.1. The van der Waals surface area contributed by atoms with Crippen LogP contribution in [0.5, 0.6) is 0 Å². The van der Waals surface area contributed by atoms with Crippen LogP contribution in [0, 0.1) is 0 Å². The van der Waals surface area contributed by atoms with Crippen LogP contribution in [0.2, 0.25) is 0 Å². The molecular formula is C14H19N3O4. The molecule has 1 aromatic heterocycles. The second kappa shape index (κ2) is 7.70. The van der Waals surface area contributed by atoms with Crippen molar-refractivity contribution in [1.29, 1.82) is 0 Å². The molecule has 1 aliphatic heterocycles. The van der Waals surface area contributed by atoms with Crippen molar-refractivity contribution in [3.8, 4) is 0 Å². The van der Waals surface area contributed by atoms with Gasteiger partial charge in [0.25, 0.3) is 0 Å². The zero-order chi connectivity index (χ0) is 15.1. The van der Waals surface area contributed by atoms with Gasteiger partial charge in [0.15, 0.2) is 0 Å². The lowest BCUT2D eigenvalue weighted by molar-refractivity contribution is -0.136. The fourth-order valence-electron chi connectivity index (χ4n) is 2.11. The summed E-state index contributed by atoms with van der Waals surface area (Å²) >= 11 is 0. The lowest BCUT2D eigenvalue weighted by atomic mass is 10.1. The minimum atomic E-state index is -0.936. The zero-order valence-electron chi connectivity index (χ0n) is 11.7. The van der Waals surface area contributed by atoms with Gasteiger partial charge in [-0.2, -0.15) is 0 Å². The van der Waals surface area contributed by atoms with E-state index in [4.69, 9.17) is 9.84 Å². The highest BCUT2D eigenvalue weighted by Crippen LogP contribution is 2.09. The number of carboxylic acid groups (broad SMARTS) is 1. The smallest absolute Gasteiger partial charge is 0.309 e. The minimum Gasteiger partial charge on any atom is -0.481 e. The summed E-state index contributed by atoms with van der Waals surface area (Å²) in [5.41, 5.74) is 0.981. The van der Waals surface area contributed by atoms with Crippen molar-refractivity contribution in [1.82, 2.24) is 10.3 Å². The molecule has 1 fully saturated rings. The summed E-state index contributed by atoms with van der Waals surface area (Å²) in [7, 11) is 0. The molecule has 3 N–H and O–H groups in total. The summed E-state index contributed by atoms with van der Waals surface area (Å²) in [6, 6.07) is 3.21. The topological polar surface area (TPSA) is 101 Å². The predicted octanol–water partition coefficient (Wildman–Crippen LogP) is 0.416. The van der Waals surface area contributed by atoms with Gasteiger partial charge in [0.1, 0.15) is 6.61 Å². The van der Waals surface area contributed by atoms with E-state index < -0.39 is 5.97 Å². The molecular weight excluding hydrogens is 274 g/mol. The first kappa shape index (κ1) is 15.4. The molecule has 0 radical (unpaired) electrons. The molecule has 1 aliphatic rings. The molecule has 2 rings (SSSR count). The van der Waals surface area contributed by atoms with Gasteiger partial charge in [-0.1, -0.05) is 0 Å². The maximum absolute atomic E-state index is 11.7. The highest BCUT2D eigenvalue weighted by atomic mass is 16.5. The van der Waals surface area contributed by atoms with E-state index in [2.05, 4.69) is 15.6 Å². The number of aliphatic carboxylic acids is 1. The Morgan fingerprint density at radius 1 is 1.38 bits per heavy atom. The molecule has 7 nitrogen and oxygen atoms in total. The normalized spacial score (nSPS) is 15.6. The lowest BCUT2D eigenvalue weighted by Crippen LogP contribution is -2.34. The first-order valence-electron chi connectivity index (χ1n) is 6.92. The largest absolute Gasteiger partial charge is 0.481 e. The molecule has 0 atom stereocenters. The molecule has 1 amide bonds. The first-order valence-corrected chi connectivity index (χ1v) is 6.92. The Morgan fingerprint density at radius 3 is 2.76 bits per heavy atom. The summed E-state index contributed by atoms with van der Waals surface area (Å²) in [6.07, 6.45) is 3.28. The SMILES string of the molecule is O=C(O)Cc1ccc(NC(=O)COC2CCNCC2)cn1. The number of pyridine rings is 1. The minimum absolute atomic E-state index is 0.0154. The molecule has 0 bridgehead atoms. The van der Waals surface area contributed by atoms with Gasteiger partial charge in [0.2, 0.25) is 5.91 Å². The molecule has 2 heterocycles. The van der Waals surface area contributed by atoms with Crippen LogP contribution in [-0.2, 0) is 20.7 Å². The number of anilines is 1. The summed E-state index contributed by atoms with van der Waals surface area (Å²) < 4.78 is 5.54. The maximum atomic E-state index is 11.7. The molecule has 0 spiro atoms. The Kier molecular flexibility index (Phi) is 5.65. The summed E-state index contributed by atoms with van der Waals surface area (Å²) in [4.78, 5) is 26.3. The van der Waals surface area contributed by atoms with Crippen LogP contribution in [0.15, 0.2) is 18.3 Å². The van der Waals surface area contributed by atoms with Gasteiger partial charge in [0.05, 0.1) is 30.1 Å². The average Bonchev–Trinajstić information content (AvgIpc) is 2.48. The number of ether oxygens (including phenoxy) is 1. The fourth-order valence-corrected chi connectivity index (χ4v) is 2.11. The van der Waals surface area contributed by atoms with Gasteiger partial charge in [0, 0.05) is 0 Å². The van der Waals surface area contributed by atoms with Crippen molar-refractivity contribution in [2.24, 2.45) is 0 Å². The number of carbonyl (C=O) groups is 2. The van der Waals surface area contributed by atoms with Gasteiger partial charge >= 0.3 is 5.97 Å². The van der Waals surface area contributed by atoms with Gasteiger partial charge in [-0.05, 0) is 38.1 Å². The maximum Gasteiger partial charge on any atom is 0.309 e. The van der Waals surface area contributed by atoms with Crippen molar-refractivity contribution in [3.05, 3.63) is 24.0 Å². The van der Waals surface area contributed by atoms with E-state index in [-0.39, 0.29) is 25.0 Å². The Bertz CT molecular complexity index is 483. The summed E-state index contributed by atoms with van der Waals surface area (Å²) in [5, 5.41) is 14.5. The molecule has 114 valence electrons. The Balaban J connectivity index is 1.75. The summed E-state index contributed by atoms with van der Waals surface area (Å²) in [6.45, 7) is 1.85. The number of piperidine rings is 1. The number of carbonyl (C=O) groups excluding carboxylic acids is 1. The zero-order valence-corrected chi connectivity index (χ0v) is 11.7. The Labute approximate surface area is 122 Å². The second-order valence-corrected chi connectivity index (χ2v) is 4.92. The van der Waals surface area contributed by atoms with E-state index in [0.717, 1.165) is 25.9 Å². The second-order valence-electron chi connectivity index (χ2n) is 4.92. The van der Waals surface area contributed by atoms with Gasteiger partial charge in [-0.15, -0.1) is 0 Å². The molecule has 0 saturated carbocycles. The molecule has 21 heavy (non-hydrogen) atoms. The van der Waals surface area contributed by atoms with Crippen LogP contribution in [0.1, 0.15) is 18.5 Å². The number of rotatable bonds is 6. The number of amides is 1. The van der Waals surface area contributed by atoms with Crippen LogP contribution in [0.3, 0.4) is 0 Å². The Morgan fingerprint density at radius 2 is 2.14 bits per heavy atom. The quantitative estimate of drug-likeness (QED) is 0.702. The van der Waals surface area contributed by atoms with Gasteiger partial charge in [-0.3, -0.25) is 14.6 Å². The van der Waals surface area contributed by atoms with Gasteiger partial charge < -0.3 is 20.5 Å². The van der Waals surface area contributed by atoms with Crippen molar-refractivity contribution in [3.63, 3.8) is 0 Å². The van der Waals surface area contributed by atoms with Crippen molar-refractivity contribution >= 4 is 17.6 Å². The average molecular weight is 293 g/mol. The number of hydrogen-bond acceptors (Lipinski definition) is 5. The number of nitrogens with one attached hydrogen (secondary N) is 2. The molecule has 7 heteroatoms. The van der Waals surface area contributed by atoms with E-state index in [1.165, 1.54) is 6.20 Å². The molecule has 1 saturated heterocycles. The number of carboxylic acids is 1. The number of hydrogen-bond donors (Lipinski definition) is 3. The standard InChI is InChI=1S/C14H19N3O4/c18-13(9-21-12-3-5-15-6-4-12)17-11-2-1-10(16-8-11)7-14(19)20/h1-2,8,12,15H,3-7,9H2,(H,17,18)(H,19,20). The Hall–Kier alpha value is -1.99. The number of nitrogens with zero attached hydrogens (tertiary/aromatic N) is 1. The van der Waals surface area contributed by atoms with Crippen LogP contribution in [0.4, 0.5) is 5.69 Å². The van der Waals surface area contributed by atoms with E-state index in [1.54, 1.807) is 12.1 Å². The van der Waals surface area contributed by atoms with E-state index >= 15 is 0 Å². The molecule has 1 aromatic rings. The van der Waals surface area contributed by atoms with E-state index in [9.17, 15) is 9.59 Å². The molecule has 0 aliphatic carbocycles. The highest BCUT2D eigenvalue weighted by molar-refractivity contribution is 5.91. The monoisotopic (exact) mass is 293 g/mol. The van der Waals surface area contributed by atoms with E-state index in [1.807, 2.05) is 0 Å². The number of aromatic nitrogens is 1. The third-order valence-electron chi connectivity index (χ3n) is 3.18. The van der Waals surface area contributed by atoms with Crippen LogP contribution < -0.4 is 10.6 Å². The fraction of sp³-hybridized carbons (Fsp3) is 0.500.